The van der Waals surface area contributed by atoms with Crippen molar-refractivity contribution in [3.05, 3.63) is 82.8 Å². The Bertz CT molecular complexity index is 1250. The van der Waals surface area contributed by atoms with Crippen molar-refractivity contribution in [2.75, 3.05) is 12.0 Å². The first-order valence-electron chi connectivity index (χ1n) is 9.28. The van der Waals surface area contributed by atoms with E-state index in [1.54, 1.807) is 24.3 Å². The van der Waals surface area contributed by atoms with E-state index in [4.69, 9.17) is 4.74 Å². The van der Waals surface area contributed by atoms with Gasteiger partial charge in [-0.15, -0.1) is 0 Å². The van der Waals surface area contributed by atoms with Crippen molar-refractivity contribution in [3.63, 3.8) is 0 Å². The van der Waals surface area contributed by atoms with Crippen LogP contribution in [0.15, 0.2) is 65.8 Å². The minimum atomic E-state index is -0.464. The van der Waals surface area contributed by atoms with Crippen LogP contribution in [0.25, 0.3) is 16.7 Å². The topological polar surface area (TPSA) is 91.0 Å². The molecule has 1 N–H and O–H groups in total. The molecule has 0 radical (unpaired) electrons. The number of rotatable bonds is 6. The number of nitrogens with zero attached hydrogens (tertiary/aromatic N) is 4. The van der Waals surface area contributed by atoms with Crippen molar-refractivity contribution < 1.29 is 13.9 Å². The zero-order chi connectivity index (χ0) is 21.1. The van der Waals surface area contributed by atoms with Crippen LogP contribution in [0.2, 0.25) is 0 Å². The molecule has 0 bridgehead atoms. The van der Waals surface area contributed by atoms with Crippen molar-refractivity contribution in [2.24, 2.45) is 0 Å². The number of carbonyl (C=O) groups is 1. The molecule has 2 heterocycles. The molecule has 8 nitrogen and oxygen atoms in total. The Hall–Kier alpha value is -4.01. The maximum Gasteiger partial charge on any atom is 0.283 e. The van der Waals surface area contributed by atoms with Gasteiger partial charge in [0.25, 0.3) is 5.56 Å². The molecule has 2 aromatic carbocycles. The van der Waals surface area contributed by atoms with E-state index < -0.39 is 5.56 Å². The van der Waals surface area contributed by atoms with E-state index in [0.717, 1.165) is 16.0 Å². The van der Waals surface area contributed by atoms with Crippen LogP contribution in [0.1, 0.15) is 12.5 Å². The predicted molar refractivity (Wildman–Crippen MR) is 109 cm³/mol. The molecular weight excluding hydrogens is 389 g/mol. The van der Waals surface area contributed by atoms with Gasteiger partial charge in [-0.3, -0.25) is 15.0 Å². The van der Waals surface area contributed by atoms with Gasteiger partial charge in [0.1, 0.15) is 23.3 Å². The Morgan fingerprint density at radius 1 is 1.13 bits per heavy atom. The molecule has 0 saturated heterocycles. The Morgan fingerprint density at radius 2 is 1.87 bits per heavy atom. The van der Waals surface area contributed by atoms with Crippen LogP contribution >= 0.6 is 0 Å². The molecule has 9 heteroatoms. The molecular formula is C21H18FN5O3. The van der Waals surface area contributed by atoms with Gasteiger partial charge < -0.3 is 4.74 Å². The van der Waals surface area contributed by atoms with Crippen LogP contribution in [-0.4, -0.2) is 32.0 Å². The molecule has 4 aromatic rings. The molecule has 0 aliphatic heterocycles. The average molecular weight is 407 g/mol. The first-order valence-corrected chi connectivity index (χ1v) is 9.28. The summed E-state index contributed by atoms with van der Waals surface area (Å²) in [6.07, 6.45) is 2.68. The third kappa shape index (κ3) is 3.90. The summed E-state index contributed by atoms with van der Waals surface area (Å²) in [6, 6.07) is 12.8. The number of hydrogen-bond acceptors (Lipinski definition) is 5. The number of aromatic nitrogens is 4. The highest BCUT2D eigenvalue weighted by atomic mass is 19.1. The van der Waals surface area contributed by atoms with Gasteiger partial charge in [-0.1, -0.05) is 12.1 Å². The SMILES string of the molecule is CCOc1ccc(CC(=O)Nn2cnc3c(cnn3-c3ccc(F)cc3)c2=O)cc1. The van der Waals surface area contributed by atoms with Gasteiger partial charge in [0.05, 0.1) is 24.9 Å². The van der Waals surface area contributed by atoms with Crippen LogP contribution in [0.4, 0.5) is 4.39 Å². The van der Waals surface area contributed by atoms with E-state index in [1.807, 2.05) is 6.92 Å². The summed E-state index contributed by atoms with van der Waals surface area (Å²) in [6.45, 7) is 2.46. The van der Waals surface area contributed by atoms with E-state index in [-0.39, 0.29) is 23.5 Å². The molecule has 0 spiro atoms. The Labute approximate surface area is 170 Å². The summed E-state index contributed by atoms with van der Waals surface area (Å²) in [4.78, 5) is 29.3. The van der Waals surface area contributed by atoms with Crippen molar-refractivity contribution in [2.45, 2.75) is 13.3 Å². The number of halogens is 1. The maximum atomic E-state index is 13.1. The summed E-state index contributed by atoms with van der Waals surface area (Å²) in [5, 5.41) is 4.39. The van der Waals surface area contributed by atoms with Crippen LogP contribution in [0.5, 0.6) is 5.75 Å². The minimum absolute atomic E-state index is 0.0890. The van der Waals surface area contributed by atoms with Gasteiger partial charge in [-0.2, -0.15) is 5.10 Å². The fourth-order valence-electron chi connectivity index (χ4n) is 2.99. The number of benzene rings is 2. The lowest BCUT2D eigenvalue weighted by atomic mass is 10.1. The van der Waals surface area contributed by atoms with Crippen molar-refractivity contribution in [1.29, 1.82) is 0 Å². The lowest BCUT2D eigenvalue weighted by molar-refractivity contribution is -0.116. The van der Waals surface area contributed by atoms with Crippen molar-refractivity contribution in [1.82, 2.24) is 19.4 Å². The fourth-order valence-corrected chi connectivity index (χ4v) is 2.99. The second-order valence-electron chi connectivity index (χ2n) is 6.48. The first-order chi connectivity index (χ1) is 14.5. The zero-order valence-corrected chi connectivity index (χ0v) is 16.1. The van der Waals surface area contributed by atoms with Gasteiger partial charge in [-0.05, 0) is 48.9 Å². The molecule has 2 aromatic heterocycles. The Balaban J connectivity index is 1.53. The molecule has 1 amide bonds. The lowest BCUT2D eigenvalue weighted by Gasteiger charge is -2.09. The lowest BCUT2D eigenvalue weighted by Crippen LogP contribution is -2.34. The number of hydrogen-bond donors (Lipinski definition) is 1. The molecule has 152 valence electrons. The van der Waals surface area contributed by atoms with Crippen molar-refractivity contribution in [3.8, 4) is 11.4 Å². The van der Waals surface area contributed by atoms with E-state index >= 15 is 0 Å². The van der Waals surface area contributed by atoms with Crippen molar-refractivity contribution >= 4 is 16.9 Å². The van der Waals surface area contributed by atoms with E-state index in [0.29, 0.717) is 17.9 Å². The normalized spacial score (nSPS) is 10.9. The van der Waals surface area contributed by atoms with Gasteiger partial charge in [0.2, 0.25) is 5.91 Å². The smallest absolute Gasteiger partial charge is 0.283 e. The summed E-state index contributed by atoms with van der Waals surface area (Å²) < 4.78 is 21.0. The fraction of sp³-hybridized carbons (Fsp3) is 0.143. The van der Waals surface area contributed by atoms with Crippen LogP contribution in [-0.2, 0) is 11.2 Å². The number of ether oxygens (including phenoxy) is 1. The minimum Gasteiger partial charge on any atom is -0.494 e. The summed E-state index contributed by atoms with van der Waals surface area (Å²) in [5.41, 5.74) is 3.72. The van der Waals surface area contributed by atoms with Gasteiger partial charge in [-0.25, -0.2) is 18.7 Å². The summed E-state index contributed by atoms with van der Waals surface area (Å²) in [7, 11) is 0. The molecule has 0 saturated carbocycles. The highest BCUT2D eigenvalue weighted by molar-refractivity contribution is 5.86. The molecule has 0 aliphatic carbocycles. The van der Waals surface area contributed by atoms with E-state index in [1.165, 1.54) is 41.5 Å². The number of amides is 1. The second kappa shape index (κ2) is 8.16. The van der Waals surface area contributed by atoms with E-state index in [2.05, 4.69) is 15.5 Å². The van der Waals surface area contributed by atoms with Gasteiger partial charge in [0.15, 0.2) is 5.65 Å². The largest absolute Gasteiger partial charge is 0.494 e. The molecule has 0 unspecified atom stereocenters. The first kappa shape index (κ1) is 19.3. The predicted octanol–water partition coefficient (Wildman–Crippen LogP) is 2.43. The molecule has 0 fully saturated rings. The number of carbonyl (C=O) groups excluding carboxylic acids is 1. The third-order valence-electron chi connectivity index (χ3n) is 4.40. The monoisotopic (exact) mass is 407 g/mol. The number of nitrogens with one attached hydrogen (secondary N) is 1. The molecule has 0 aliphatic rings. The Morgan fingerprint density at radius 3 is 2.57 bits per heavy atom. The van der Waals surface area contributed by atoms with Crippen LogP contribution in [0, 0.1) is 5.82 Å². The number of fused-ring (bicyclic) bond motifs is 1. The molecule has 30 heavy (non-hydrogen) atoms. The second-order valence-corrected chi connectivity index (χ2v) is 6.48. The zero-order valence-electron chi connectivity index (χ0n) is 16.1. The molecule has 0 atom stereocenters. The van der Waals surface area contributed by atoms with E-state index in [9.17, 15) is 14.0 Å². The Kier molecular flexibility index (Phi) is 5.25. The molecule has 4 rings (SSSR count). The quantitative estimate of drug-likeness (QED) is 0.530. The third-order valence-corrected chi connectivity index (χ3v) is 4.40. The van der Waals surface area contributed by atoms with Gasteiger partial charge in [0, 0.05) is 0 Å². The van der Waals surface area contributed by atoms with Gasteiger partial charge >= 0.3 is 0 Å². The maximum absolute atomic E-state index is 13.1. The van der Waals surface area contributed by atoms with Crippen LogP contribution < -0.4 is 15.7 Å². The standard InChI is InChI=1S/C21H18FN5O3/c1-2-30-17-9-3-14(4-10-17)11-19(28)25-26-13-23-20-18(21(26)29)12-24-27(20)16-7-5-15(22)6-8-16/h3-10,12-13H,2,11H2,1H3,(H,25,28). The van der Waals surface area contributed by atoms with Crippen LogP contribution in [0.3, 0.4) is 0 Å². The summed E-state index contributed by atoms with van der Waals surface area (Å²) in [5.74, 6) is -0.0141. The average Bonchev–Trinajstić information content (AvgIpc) is 3.17. The highest BCUT2D eigenvalue weighted by Gasteiger charge is 2.13. The summed E-state index contributed by atoms with van der Waals surface area (Å²) >= 11 is 0. The highest BCUT2D eigenvalue weighted by Crippen LogP contribution is 2.14.